The van der Waals surface area contributed by atoms with Gasteiger partial charge in [0, 0.05) is 12.2 Å². The van der Waals surface area contributed by atoms with Crippen LogP contribution in [0.25, 0.3) is 0 Å². The average molecular weight is 351 g/mol. The second-order valence-electron chi connectivity index (χ2n) is 6.67. The van der Waals surface area contributed by atoms with Crippen LogP contribution < -0.4 is 11.1 Å². The Balaban J connectivity index is 2.87. The van der Waals surface area contributed by atoms with Crippen molar-refractivity contribution < 1.29 is 19.4 Å². The molecule has 0 aromatic heterocycles. The highest BCUT2D eigenvalue weighted by atomic mass is 16.5. The first-order chi connectivity index (χ1) is 11.5. The lowest BCUT2D eigenvalue weighted by atomic mass is 10.0. The molecule has 25 heavy (non-hydrogen) atoms. The van der Waals surface area contributed by atoms with Gasteiger partial charge < -0.3 is 25.8 Å². The van der Waals surface area contributed by atoms with Gasteiger partial charge in [-0.1, -0.05) is 12.1 Å². The van der Waals surface area contributed by atoms with Gasteiger partial charge in [-0.2, -0.15) is 0 Å². The molecular formula is C18H29N3O4. The van der Waals surface area contributed by atoms with Crippen LogP contribution in [0, 0.1) is 20.8 Å². The van der Waals surface area contributed by atoms with Crippen LogP contribution in [0.2, 0.25) is 0 Å². The summed E-state index contributed by atoms with van der Waals surface area (Å²) in [6.45, 7) is 7.86. The number of nitrogens with two attached hydrogens (primary N) is 1. The van der Waals surface area contributed by atoms with Gasteiger partial charge in [-0.05, 0) is 58.5 Å². The van der Waals surface area contributed by atoms with Gasteiger partial charge in [-0.25, -0.2) is 4.79 Å². The van der Waals surface area contributed by atoms with Gasteiger partial charge in [0.25, 0.3) is 0 Å². The van der Waals surface area contributed by atoms with Crippen LogP contribution in [0.4, 0.5) is 5.69 Å². The third kappa shape index (κ3) is 5.72. The normalized spacial score (nSPS) is 14.7. The van der Waals surface area contributed by atoms with Crippen LogP contribution >= 0.6 is 0 Å². The molecule has 7 heteroatoms. The number of anilines is 1. The van der Waals surface area contributed by atoms with Crippen molar-refractivity contribution in [2.24, 2.45) is 5.73 Å². The van der Waals surface area contributed by atoms with Crippen LogP contribution in [-0.2, 0) is 14.3 Å². The van der Waals surface area contributed by atoms with Crippen molar-refractivity contribution in [3.63, 3.8) is 0 Å². The number of carboxylic acids is 1. The van der Waals surface area contributed by atoms with Crippen molar-refractivity contribution in [2.75, 3.05) is 26.0 Å². The Bertz CT molecular complexity index is 631. The summed E-state index contributed by atoms with van der Waals surface area (Å²) < 4.78 is 5.38. The van der Waals surface area contributed by atoms with Crippen LogP contribution in [-0.4, -0.2) is 60.8 Å². The molecule has 0 spiro atoms. The van der Waals surface area contributed by atoms with E-state index in [9.17, 15) is 9.59 Å². The van der Waals surface area contributed by atoms with Crippen LogP contribution in [0.5, 0.6) is 0 Å². The molecule has 0 aliphatic carbocycles. The molecule has 1 rings (SSSR count). The smallest absolute Gasteiger partial charge is 0.328 e. The number of carbonyl (C=O) groups is 2. The summed E-state index contributed by atoms with van der Waals surface area (Å²) in [5, 5.41) is 12.3. The molecule has 1 aromatic rings. The van der Waals surface area contributed by atoms with Gasteiger partial charge in [-0.15, -0.1) is 0 Å². The fraction of sp³-hybridized carbons (Fsp3) is 0.556. The zero-order valence-corrected chi connectivity index (χ0v) is 15.8. The van der Waals surface area contributed by atoms with Crippen molar-refractivity contribution in [1.29, 1.82) is 0 Å². The lowest BCUT2D eigenvalue weighted by Crippen LogP contribution is -2.50. The van der Waals surface area contributed by atoms with E-state index < -0.39 is 30.1 Å². The topological polar surface area (TPSA) is 105 Å². The van der Waals surface area contributed by atoms with E-state index in [-0.39, 0.29) is 6.54 Å². The number of hydrogen-bond acceptors (Lipinski definition) is 6. The molecule has 0 saturated carbocycles. The van der Waals surface area contributed by atoms with E-state index in [2.05, 4.69) is 5.32 Å². The summed E-state index contributed by atoms with van der Waals surface area (Å²) in [7, 11) is 3.52. The fourth-order valence-corrected chi connectivity index (χ4v) is 2.44. The van der Waals surface area contributed by atoms with Crippen LogP contribution in [0.3, 0.4) is 0 Å². The maximum absolute atomic E-state index is 12.4. The van der Waals surface area contributed by atoms with Gasteiger partial charge >= 0.3 is 11.9 Å². The third-order valence-corrected chi connectivity index (χ3v) is 4.16. The highest BCUT2D eigenvalue weighted by molar-refractivity contribution is 5.81. The summed E-state index contributed by atoms with van der Waals surface area (Å²) >= 11 is 0. The Kier molecular flexibility index (Phi) is 7.38. The number of likely N-dealkylation sites (N-methyl/N-ethyl adjacent to an activating group) is 1. The van der Waals surface area contributed by atoms with E-state index in [0.29, 0.717) is 0 Å². The maximum Gasteiger partial charge on any atom is 0.328 e. The minimum atomic E-state index is -1.28. The Labute approximate surface area is 149 Å². The van der Waals surface area contributed by atoms with E-state index in [1.165, 1.54) is 0 Å². The first-order valence-electron chi connectivity index (χ1n) is 8.21. The second kappa shape index (κ2) is 8.82. The number of nitrogens with one attached hydrogen (secondary N) is 1. The first kappa shape index (κ1) is 20.9. The molecule has 4 N–H and O–H groups in total. The number of carboxylic acid groups (broad SMARTS) is 1. The minimum Gasteiger partial charge on any atom is -0.480 e. The van der Waals surface area contributed by atoms with Gasteiger partial charge in [-0.3, -0.25) is 4.79 Å². The Morgan fingerprint density at radius 2 is 1.80 bits per heavy atom. The van der Waals surface area contributed by atoms with Crippen molar-refractivity contribution >= 4 is 17.6 Å². The summed E-state index contributed by atoms with van der Waals surface area (Å²) in [5.74, 6) is -1.74. The molecule has 0 amide bonds. The van der Waals surface area contributed by atoms with Crippen LogP contribution in [0.1, 0.15) is 23.6 Å². The molecule has 0 aliphatic heterocycles. The second-order valence-corrected chi connectivity index (χ2v) is 6.67. The first-order valence-corrected chi connectivity index (χ1v) is 8.21. The molecule has 0 fully saturated rings. The molecule has 0 heterocycles. The molecule has 0 saturated heterocycles. The van der Waals surface area contributed by atoms with Gasteiger partial charge in [0.05, 0.1) is 0 Å². The SMILES string of the molecule is Cc1ccc(C)c(N[C@@H](C)C(=O)OC(CN(C)C)C(N)C(=O)O)c1C. The van der Waals surface area contributed by atoms with E-state index in [0.717, 1.165) is 22.4 Å². The number of carbonyl (C=O) groups excluding carboxylic acids is 1. The fourth-order valence-electron chi connectivity index (χ4n) is 2.44. The molecule has 1 aromatic carbocycles. The minimum absolute atomic E-state index is 0.231. The van der Waals surface area contributed by atoms with Crippen molar-refractivity contribution in [3.05, 3.63) is 28.8 Å². The molecule has 0 bridgehead atoms. The Morgan fingerprint density at radius 1 is 1.24 bits per heavy atom. The van der Waals surface area contributed by atoms with E-state index in [1.54, 1.807) is 25.9 Å². The third-order valence-electron chi connectivity index (χ3n) is 4.16. The highest BCUT2D eigenvalue weighted by Crippen LogP contribution is 2.24. The quantitative estimate of drug-likeness (QED) is 0.606. The predicted octanol–water partition coefficient (Wildman–Crippen LogP) is 1.30. The van der Waals surface area contributed by atoms with Gasteiger partial charge in [0.1, 0.15) is 18.2 Å². The largest absolute Gasteiger partial charge is 0.480 e. The number of rotatable bonds is 8. The number of esters is 1. The monoisotopic (exact) mass is 351 g/mol. The van der Waals surface area contributed by atoms with Crippen molar-refractivity contribution in [3.8, 4) is 0 Å². The Hall–Kier alpha value is -2.12. The molecule has 7 nitrogen and oxygen atoms in total. The number of hydrogen-bond donors (Lipinski definition) is 3. The zero-order valence-electron chi connectivity index (χ0n) is 15.8. The van der Waals surface area contributed by atoms with E-state index in [1.807, 2.05) is 32.9 Å². The zero-order chi connectivity index (χ0) is 19.3. The average Bonchev–Trinajstić information content (AvgIpc) is 2.52. The van der Waals surface area contributed by atoms with Crippen molar-refractivity contribution in [2.45, 2.75) is 45.9 Å². The lowest BCUT2D eigenvalue weighted by Gasteiger charge is -2.26. The van der Waals surface area contributed by atoms with Crippen molar-refractivity contribution in [1.82, 2.24) is 4.90 Å². The number of aryl methyl sites for hydroxylation is 2. The summed E-state index contributed by atoms with van der Waals surface area (Å²) in [4.78, 5) is 25.3. The molecule has 0 radical (unpaired) electrons. The summed E-state index contributed by atoms with van der Waals surface area (Å²) in [6, 6.07) is 2.10. The summed E-state index contributed by atoms with van der Waals surface area (Å²) in [5.41, 5.74) is 9.74. The molecule has 2 unspecified atom stereocenters. The standard InChI is InChI=1S/C18H29N3O4/c1-10-7-8-11(2)16(12(10)3)20-13(4)18(24)25-14(9-21(5)6)15(19)17(22)23/h7-8,13-15,20H,9,19H2,1-6H3,(H,22,23)/t13-,14?,15?/m0/s1. The van der Waals surface area contributed by atoms with Gasteiger partial charge in [0.2, 0.25) is 0 Å². The predicted molar refractivity (Wildman–Crippen MR) is 97.8 cm³/mol. The number of benzene rings is 1. The highest BCUT2D eigenvalue weighted by Gasteiger charge is 2.30. The molecule has 3 atom stereocenters. The van der Waals surface area contributed by atoms with E-state index in [4.69, 9.17) is 15.6 Å². The molecule has 0 aliphatic rings. The van der Waals surface area contributed by atoms with Crippen LogP contribution in [0.15, 0.2) is 12.1 Å². The lowest BCUT2D eigenvalue weighted by molar-refractivity contribution is -0.155. The number of ether oxygens (including phenoxy) is 1. The molecule has 140 valence electrons. The maximum atomic E-state index is 12.4. The number of aliphatic carboxylic acids is 1. The Morgan fingerprint density at radius 3 is 2.32 bits per heavy atom. The molecular weight excluding hydrogens is 322 g/mol. The van der Waals surface area contributed by atoms with Gasteiger partial charge in [0.15, 0.2) is 0 Å². The van der Waals surface area contributed by atoms with E-state index >= 15 is 0 Å². The number of nitrogens with zero attached hydrogens (tertiary/aromatic N) is 1. The summed E-state index contributed by atoms with van der Waals surface area (Å²) in [6.07, 6.45) is -0.927.